The van der Waals surface area contributed by atoms with Crippen molar-refractivity contribution in [2.45, 2.75) is 25.2 Å². The normalized spacial score (nSPS) is 11.4. The summed E-state index contributed by atoms with van der Waals surface area (Å²) in [4.78, 5) is 0.0252. The van der Waals surface area contributed by atoms with Gasteiger partial charge in [-0.05, 0) is 42.7 Å². The number of benzene rings is 2. The first kappa shape index (κ1) is 15.7. The van der Waals surface area contributed by atoms with Gasteiger partial charge in [-0.25, -0.2) is 8.42 Å². The maximum Gasteiger partial charge on any atom is 0.263 e. The van der Waals surface area contributed by atoms with E-state index >= 15 is 0 Å². The van der Waals surface area contributed by atoms with Gasteiger partial charge in [-0.1, -0.05) is 36.7 Å². The van der Waals surface area contributed by atoms with Crippen LogP contribution in [0.1, 0.15) is 18.1 Å². The zero-order valence-electron chi connectivity index (χ0n) is 11.9. The standard InChI is InChI=1S/C15H17ClN2O2S/c1-3-11-6-4-5-10(2)15(11)18-21(19,20)14-8-7-12(16)9-13(14)17/h4-9,18H,3,17H2,1-2H3. The van der Waals surface area contributed by atoms with Crippen LogP contribution in [0.25, 0.3) is 0 Å². The highest BCUT2D eigenvalue weighted by atomic mass is 35.5. The molecule has 0 atom stereocenters. The molecule has 4 nitrogen and oxygen atoms in total. The molecular weight excluding hydrogens is 308 g/mol. The van der Waals surface area contributed by atoms with Gasteiger partial charge in [0.15, 0.2) is 0 Å². The fourth-order valence-electron chi connectivity index (χ4n) is 2.12. The summed E-state index contributed by atoms with van der Waals surface area (Å²) in [5.74, 6) is 0. The van der Waals surface area contributed by atoms with Crippen molar-refractivity contribution >= 4 is 33.0 Å². The first-order valence-electron chi connectivity index (χ1n) is 6.51. The number of nitrogens with one attached hydrogen (secondary N) is 1. The topological polar surface area (TPSA) is 72.2 Å². The Hall–Kier alpha value is -1.72. The second-order valence-corrected chi connectivity index (χ2v) is 6.84. The molecule has 2 aromatic carbocycles. The third-order valence-corrected chi connectivity index (χ3v) is 4.90. The van der Waals surface area contributed by atoms with E-state index in [1.807, 2.05) is 32.0 Å². The van der Waals surface area contributed by atoms with Crippen LogP contribution in [0.15, 0.2) is 41.3 Å². The molecule has 2 aromatic rings. The monoisotopic (exact) mass is 324 g/mol. The average molecular weight is 325 g/mol. The van der Waals surface area contributed by atoms with Crippen molar-refractivity contribution in [2.75, 3.05) is 10.5 Å². The fourth-order valence-corrected chi connectivity index (χ4v) is 3.59. The Balaban J connectivity index is 2.47. The Bertz CT molecular complexity index is 773. The molecule has 0 saturated carbocycles. The number of nitrogens with two attached hydrogens (primary N) is 1. The summed E-state index contributed by atoms with van der Waals surface area (Å²) >= 11 is 5.80. The SMILES string of the molecule is CCc1cccc(C)c1NS(=O)(=O)c1ccc(Cl)cc1N. The van der Waals surface area contributed by atoms with Gasteiger partial charge in [0.25, 0.3) is 10.0 Å². The lowest BCUT2D eigenvalue weighted by molar-refractivity contribution is 0.601. The lowest BCUT2D eigenvalue weighted by Crippen LogP contribution is -2.16. The number of rotatable bonds is 4. The third-order valence-electron chi connectivity index (χ3n) is 3.24. The van der Waals surface area contributed by atoms with E-state index in [2.05, 4.69) is 4.72 Å². The lowest BCUT2D eigenvalue weighted by atomic mass is 10.1. The van der Waals surface area contributed by atoms with Gasteiger partial charge in [-0.2, -0.15) is 0 Å². The zero-order valence-corrected chi connectivity index (χ0v) is 13.4. The molecular formula is C15H17ClN2O2S. The molecule has 3 N–H and O–H groups in total. The minimum atomic E-state index is -3.75. The van der Waals surface area contributed by atoms with Crippen molar-refractivity contribution in [1.29, 1.82) is 0 Å². The Labute approximate surface area is 130 Å². The number of halogens is 1. The molecule has 0 aliphatic heterocycles. The Morgan fingerprint density at radius 2 is 1.95 bits per heavy atom. The number of aryl methyl sites for hydroxylation is 2. The van der Waals surface area contributed by atoms with Crippen LogP contribution in [0.5, 0.6) is 0 Å². The molecule has 0 bridgehead atoms. The van der Waals surface area contributed by atoms with Gasteiger partial charge in [0.1, 0.15) is 4.90 Å². The van der Waals surface area contributed by atoms with Crippen molar-refractivity contribution in [3.05, 3.63) is 52.5 Å². The number of hydrogen-bond donors (Lipinski definition) is 2. The first-order chi connectivity index (χ1) is 9.85. The number of sulfonamides is 1. The van der Waals surface area contributed by atoms with Crippen molar-refractivity contribution < 1.29 is 8.42 Å². The lowest BCUT2D eigenvalue weighted by Gasteiger charge is -2.15. The van der Waals surface area contributed by atoms with Crippen molar-refractivity contribution in [3.63, 3.8) is 0 Å². The van der Waals surface area contributed by atoms with E-state index in [0.29, 0.717) is 10.7 Å². The Morgan fingerprint density at radius 1 is 1.24 bits per heavy atom. The smallest absolute Gasteiger partial charge is 0.263 e. The molecule has 21 heavy (non-hydrogen) atoms. The van der Waals surface area contributed by atoms with Gasteiger partial charge in [-0.3, -0.25) is 4.72 Å². The molecule has 0 unspecified atom stereocenters. The fraction of sp³-hybridized carbons (Fsp3) is 0.200. The largest absolute Gasteiger partial charge is 0.398 e. The van der Waals surface area contributed by atoms with Crippen LogP contribution >= 0.6 is 11.6 Å². The molecule has 0 heterocycles. The van der Waals surface area contributed by atoms with Crippen molar-refractivity contribution in [2.24, 2.45) is 0 Å². The zero-order chi connectivity index (χ0) is 15.6. The van der Waals surface area contributed by atoms with Crippen LogP contribution < -0.4 is 10.5 Å². The number of anilines is 2. The Morgan fingerprint density at radius 3 is 2.57 bits per heavy atom. The van der Waals surface area contributed by atoms with Crippen molar-refractivity contribution in [3.8, 4) is 0 Å². The van der Waals surface area contributed by atoms with E-state index in [9.17, 15) is 8.42 Å². The molecule has 6 heteroatoms. The molecule has 2 rings (SSSR count). The second-order valence-electron chi connectivity index (χ2n) is 4.75. The summed E-state index contributed by atoms with van der Waals surface area (Å²) in [7, 11) is -3.75. The van der Waals surface area contributed by atoms with Crippen LogP contribution in [0.3, 0.4) is 0 Å². The maximum atomic E-state index is 12.5. The summed E-state index contributed by atoms with van der Waals surface area (Å²) in [6, 6.07) is 10.0. The van der Waals surface area contributed by atoms with Gasteiger partial charge >= 0.3 is 0 Å². The summed E-state index contributed by atoms with van der Waals surface area (Å²) in [6.07, 6.45) is 0.732. The van der Waals surface area contributed by atoms with Crippen molar-refractivity contribution in [1.82, 2.24) is 0 Å². The summed E-state index contributed by atoms with van der Waals surface area (Å²) < 4.78 is 27.7. The Kier molecular flexibility index (Phi) is 4.44. The predicted octanol–water partition coefficient (Wildman–Crippen LogP) is 3.59. The van der Waals surface area contributed by atoms with E-state index in [-0.39, 0.29) is 10.6 Å². The first-order valence-corrected chi connectivity index (χ1v) is 8.37. The van der Waals surface area contributed by atoms with E-state index < -0.39 is 10.0 Å². The van der Waals surface area contributed by atoms with Crippen LogP contribution in [0.2, 0.25) is 5.02 Å². The molecule has 0 radical (unpaired) electrons. The van der Waals surface area contributed by atoms with Gasteiger partial charge in [0.2, 0.25) is 0 Å². The van der Waals surface area contributed by atoms with E-state index in [4.69, 9.17) is 17.3 Å². The molecule has 0 amide bonds. The summed E-state index contributed by atoms with van der Waals surface area (Å²) in [5, 5.41) is 0.400. The average Bonchev–Trinajstić information content (AvgIpc) is 2.40. The predicted molar refractivity (Wildman–Crippen MR) is 87.2 cm³/mol. The van der Waals surface area contributed by atoms with E-state index in [1.54, 1.807) is 0 Å². The number of nitrogen functional groups attached to an aromatic ring is 1. The summed E-state index contributed by atoms with van der Waals surface area (Å²) in [6.45, 7) is 3.84. The highest BCUT2D eigenvalue weighted by molar-refractivity contribution is 7.92. The van der Waals surface area contributed by atoms with Gasteiger partial charge < -0.3 is 5.73 Å². The molecule has 0 aromatic heterocycles. The third kappa shape index (κ3) is 3.31. The van der Waals surface area contributed by atoms with Crippen LogP contribution in [-0.2, 0) is 16.4 Å². The molecule has 0 fully saturated rings. The highest BCUT2D eigenvalue weighted by Crippen LogP contribution is 2.28. The van der Waals surface area contributed by atoms with Crippen LogP contribution in [0.4, 0.5) is 11.4 Å². The van der Waals surface area contributed by atoms with Crippen LogP contribution in [-0.4, -0.2) is 8.42 Å². The quantitative estimate of drug-likeness (QED) is 0.844. The number of para-hydroxylation sites is 1. The van der Waals surface area contributed by atoms with Gasteiger partial charge in [0.05, 0.1) is 11.4 Å². The van der Waals surface area contributed by atoms with Gasteiger partial charge in [0, 0.05) is 5.02 Å². The maximum absolute atomic E-state index is 12.5. The van der Waals surface area contributed by atoms with E-state index in [1.165, 1.54) is 18.2 Å². The van der Waals surface area contributed by atoms with E-state index in [0.717, 1.165) is 17.5 Å². The minimum absolute atomic E-state index is 0.0252. The second kappa shape index (κ2) is 5.95. The number of hydrogen-bond acceptors (Lipinski definition) is 3. The molecule has 112 valence electrons. The molecule has 0 aliphatic carbocycles. The molecule has 0 spiro atoms. The molecule has 0 aliphatic rings. The van der Waals surface area contributed by atoms with Gasteiger partial charge in [-0.15, -0.1) is 0 Å². The van der Waals surface area contributed by atoms with Crippen LogP contribution in [0, 0.1) is 6.92 Å². The highest BCUT2D eigenvalue weighted by Gasteiger charge is 2.19. The molecule has 0 saturated heterocycles. The summed E-state index contributed by atoms with van der Waals surface area (Å²) in [5.41, 5.74) is 8.30. The minimum Gasteiger partial charge on any atom is -0.398 e.